The minimum atomic E-state index is -4.02. The predicted octanol–water partition coefficient (Wildman–Crippen LogP) is 2.15. The summed E-state index contributed by atoms with van der Waals surface area (Å²) in [5.74, 6) is -1.93. The molecule has 0 aromatic heterocycles. The van der Waals surface area contributed by atoms with Gasteiger partial charge in [-0.05, 0) is 54.3 Å². The summed E-state index contributed by atoms with van der Waals surface area (Å²) < 4.78 is 53.6. The van der Waals surface area contributed by atoms with E-state index in [1.54, 1.807) is 0 Å². The molecule has 2 rings (SSSR count). The van der Waals surface area contributed by atoms with Crippen LogP contribution in [-0.2, 0) is 10.0 Å². The average Bonchev–Trinajstić information content (AvgIpc) is 2.54. The molecule has 1 aliphatic heterocycles. The quantitative estimate of drug-likeness (QED) is 0.859. The van der Waals surface area contributed by atoms with E-state index in [9.17, 15) is 17.2 Å². The lowest BCUT2D eigenvalue weighted by molar-refractivity contribution is 0.507. The summed E-state index contributed by atoms with van der Waals surface area (Å²) in [4.78, 5) is -0.545. The van der Waals surface area contributed by atoms with Crippen LogP contribution in [0.1, 0.15) is 19.3 Å². The molecule has 1 aromatic carbocycles. The highest BCUT2D eigenvalue weighted by Gasteiger charge is 2.26. The summed E-state index contributed by atoms with van der Waals surface area (Å²) >= 11 is 2.90. The zero-order valence-electron chi connectivity index (χ0n) is 10.6. The molecule has 1 heterocycles. The fourth-order valence-electron chi connectivity index (χ4n) is 2.20. The molecule has 1 saturated heterocycles. The van der Waals surface area contributed by atoms with Crippen molar-refractivity contribution in [3.05, 3.63) is 28.2 Å². The Morgan fingerprint density at radius 3 is 2.70 bits per heavy atom. The van der Waals surface area contributed by atoms with Crippen LogP contribution in [0.25, 0.3) is 0 Å². The van der Waals surface area contributed by atoms with Crippen LogP contribution in [-0.4, -0.2) is 27.5 Å². The first-order valence-electron chi connectivity index (χ1n) is 6.28. The molecule has 0 saturated carbocycles. The molecular weight excluding hydrogens is 354 g/mol. The third-order valence-corrected chi connectivity index (χ3v) is 5.61. The average molecular weight is 369 g/mol. The maximum Gasteiger partial charge on any atom is 0.244 e. The van der Waals surface area contributed by atoms with Crippen LogP contribution >= 0.6 is 15.9 Å². The van der Waals surface area contributed by atoms with Crippen molar-refractivity contribution in [3.63, 3.8) is 0 Å². The van der Waals surface area contributed by atoms with Gasteiger partial charge in [-0.3, -0.25) is 0 Å². The van der Waals surface area contributed by atoms with Gasteiger partial charge in [0.2, 0.25) is 10.0 Å². The van der Waals surface area contributed by atoms with E-state index < -0.39 is 26.6 Å². The van der Waals surface area contributed by atoms with Gasteiger partial charge in [-0.15, -0.1) is 0 Å². The van der Waals surface area contributed by atoms with Crippen molar-refractivity contribution in [1.82, 2.24) is 10.0 Å². The minimum absolute atomic E-state index is 0.116. The number of benzene rings is 1. The van der Waals surface area contributed by atoms with Gasteiger partial charge < -0.3 is 5.32 Å². The van der Waals surface area contributed by atoms with Gasteiger partial charge in [0.25, 0.3) is 0 Å². The van der Waals surface area contributed by atoms with E-state index in [0.717, 1.165) is 19.0 Å². The van der Waals surface area contributed by atoms with Gasteiger partial charge in [0.1, 0.15) is 16.5 Å². The summed E-state index contributed by atoms with van der Waals surface area (Å²) in [6.45, 7) is 1.55. The fourth-order valence-corrected chi connectivity index (χ4v) is 4.67. The van der Waals surface area contributed by atoms with Crippen LogP contribution in [0.5, 0.6) is 0 Å². The van der Waals surface area contributed by atoms with Crippen LogP contribution < -0.4 is 10.0 Å². The number of hydrogen-bond acceptors (Lipinski definition) is 3. The summed E-state index contributed by atoms with van der Waals surface area (Å²) in [6, 6.07) is 1.26. The lowest BCUT2D eigenvalue weighted by Crippen LogP contribution is -2.36. The normalized spacial score (nSPS) is 20.6. The van der Waals surface area contributed by atoms with Crippen LogP contribution in [0.15, 0.2) is 21.5 Å². The van der Waals surface area contributed by atoms with E-state index in [-0.39, 0.29) is 10.5 Å². The van der Waals surface area contributed by atoms with Gasteiger partial charge in [-0.2, -0.15) is 0 Å². The van der Waals surface area contributed by atoms with Crippen molar-refractivity contribution < 1.29 is 17.2 Å². The highest BCUT2D eigenvalue weighted by molar-refractivity contribution is 9.10. The van der Waals surface area contributed by atoms with Gasteiger partial charge >= 0.3 is 0 Å². The number of hydrogen-bond donors (Lipinski definition) is 2. The lowest BCUT2D eigenvalue weighted by atomic mass is 10.1. The van der Waals surface area contributed by atoms with Crippen molar-refractivity contribution >= 4 is 26.0 Å². The standard InChI is InChI=1S/C12H15BrF2N2O2S/c13-10-6-8(14)7-11(15)12(10)20(18,19)17-9-2-1-4-16-5-3-9/h6-7,9,16-17H,1-5H2. The van der Waals surface area contributed by atoms with Crippen molar-refractivity contribution in [2.75, 3.05) is 13.1 Å². The van der Waals surface area contributed by atoms with Gasteiger partial charge in [-0.1, -0.05) is 0 Å². The van der Waals surface area contributed by atoms with Gasteiger partial charge in [0.05, 0.1) is 0 Å². The van der Waals surface area contributed by atoms with Crippen LogP contribution in [0.2, 0.25) is 0 Å². The fraction of sp³-hybridized carbons (Fsp3) is 0.500. The summed E-state index contributed by atoms with van der Waals surface area (Å²) in [7, 11) is -4.02. The SMILES string of the molecule is O=S(=O)(NC1CCCNCC1)c1c(F)cc(F)cc1Br. The zero-order valence-corrected chi connectivity index (χ0v) is 13.0. The lowest BCUT2D eigenvalue weighted by Gasteiger charge is -2.17. The number of nitrogens with one attached hydrogen (secondary N) is 2. The Bertz CT molecular complexity index is 564. The Labute approximate surface area is 125 Å². The third-order valence-electron chi connectivity index (χ3n) is 3.13. The predicted molar refractivity (Wildman–Crippen MR) is 74.9 cm³/mol. The van der Waals surface area contributed by atoms with E-state index in [1.165, 1.54) is 0 Å². The smallest absolute Gasteiger partial charge is 0.244 e. The van der Waals surface area contributed by atoms with Crippen molar-refractivity contribution in [2.24, 2.45) is 0 Å². The van der Waals surface area contributed by atoms with Gasteiger partial charge in [0, 0.05) is 16.6 Å². The molecule has 2 N–H and O–H groups in total. The number of sulfonamides is 1. The molecule has 0 amide bonds. The molecule has 1 fully saturated rings. The molecule has 1 unspecified atom stereocenters. The summed E-state index contributed by atoms with van der Waals surface area (Å²) in [6.07, 6.45) is 2.17. The molecule has 8 heteroatoms. The first kappa shape index (κ1) is 15.8. The van der Waals surface area contributed by atoms with Crippen LogP contribution in [0.3, 0.4) is 0 Å². The maximum atomic E-state index is 13.7. The third kappa shape index (κ3) is 3.75. The van der Waals surface area contributed by atoms with Gasteiger partial charge in [0.15, 0.2) is 0 Å². The van der Waals surface area contributed by atoms with E-state index >= 15 is 0 Å². The summed E-state index contributed by atoms with van der Waals surface area (Å²) in [5, 5.41) is 3.17. The van der Waals surface area contributed by atoms with Crippen LogP contribution in [0.4, 0.5) is 8.78 Å². The van der Waals surface area contributed by atoms with Gasteiger partial charge in [-0.25, -0.2) is 21.9 Å². The molecule has 0 spiro atoms. The van der Waals surface area contributed by atoms with E-state index in [1.807, 2.05) is 0 Å². The molecular formula is C12H15BrF2N2O2S. The van der Waals surface area contributed by atoms with E-state index in [0.29, 0.717) is 25.5 Å². The Morgan fingerprint density at radius 2 is 2.00 bits per heavy atom. The monoisotopic (exact) mass is 368 g/mol. The van der Waals surface area contributed by atoms with E-state index in [4.69, 9.17) is 0 Å². The Balaban J connectivity index is 2.26. The second-order valence-corrected chi connectivity index (χ2v) is 7.20. The second-order valence-electron chi connectivity index (χ2n) is 4.70. The van der Waals surface area contributed by atoms with Crippen molar-refractivity contribution in [1.29, 1.82) is 0 Å². The first-order chi connectivity index (χ1) is 9.40. The maximum absolute atomic E-state index is 13.7. The zero-order chi connectivity index (χ0) is 14.8. The first-order valence-corrected chi connectivity index (χ1v) is 8.55. The Kier molecular flexibility index (Phi) is 5.11. The summed E-state index contributed by atoms with van der Waals surface area (Å²) in [5.41, 5.74) is 0. The minimum Gasteiger partial charge on any atom is -0.317 e. The highest BCUT2D eigenvalue weighted by atomic mass is 79.9. The topological polar surface area (TPSA) is 58.2 Å². The molecule has 0 aliphatic carbocycles. The largest absolute Gasteiger partial charge is 0.317 e. The van der Waals surface area contributed by atoms with Crippen molar-refractivity contribution in [3.8, 4) is 0 Å². The van der Waals surface area contributed by atoms with Crippen molar-refractivity contribution in [2.45, 2.75) is 30.2 Å². The highest BCUT2D eigenvalue weighted by Crippen LogP contribution is 2.26. The molecule has 1 aliphatic rings. The number of rotatable bonds is 3. The number of halogens is 3. The molecule has 4 nitrogen and oxygen atoms in total. The molecule has 0 bridgehead atoms. The molecule has 20 heavy (non-hydrogen) atoms. The Morgan fingerprint density at radius 1 is 1.25 bits per heavy atom. The van der Waals surface area contributed by atoms with Crippen LogP contribution in [0, 0.1) is 11.6 Å². The molecule has 1 atom stereocenters. The second kappa shape index (κ2) is 6.46. The molecule has 0 radical (unpaired) electrons. The molecule has 112 valence electrons. The Hall–Kier alpha value is -0.570. The molecule has 1 aromatic rings. The van der Waals surface area contributed by atoms with E-state index in [2.05, 4.69) is 26.0 Å².